The molecule has 0 radical (unpaired) electrons. The highest BCUT2D eigenvalue weighted by atomic mass is 19.1. The van der Waals surface area contributed by atoms with Crippen LogP contribution in [0.1, 0.15) is 75.5 Å². The molecule has 1 aromatic carbocycles. The number of hydrogen-bond donors (Lipinski definition) is 1. The Bertz CT molecular complexity index is 1070. The zero-order valence-corrected chi connectivity index (χ0v) is 20.3. The topological polar surface area (TPSA) is 49.5 Å². The number of hydrogen-bond acceptors (Lipinski definition) is 4. The number of nitrogens with zero attached hydrogens (tertiary/aromatic N) is 2. The van der Waals surface area contributed by atoms with E-state index in [1.165, 1.54) is 19.3 Å². The van der Waals surface area contributed by atoms with Crippen molar-refractivity contribution >= 4 is 11.0 Å². The number of rotatable bonds is 7. The first-order valence-corrected chi connectivity index (χ1v) is 13.0. The quantitative estimate of drug-likeness (QED) is 0.437. The third-order valence-electron chi connectivity index (χ3n) is 8.57. The van der Waals surface area contributed by atoms with Crippen LogP contribution in [0.5, 0.6) is 0 Å². The molecule has 5 rings (SSSR count). The summed E-state index contributed by atoms with van der Waals surface area (Å²) in [6.07, 6.45) is 12.0. The highest BCUT2D eigenvalue weighted by Crippen LogP contribution is 2.40. The van der Waals surface area contributed by atoms with Crippen LogP contribution in [0.2, 0.25) is 0 Å². The predicted octanol–water partition coefficient (Wildman–Crippen LogP) is 6.44. The summed E-state index contributed by atoms with van der Waals surface area (Å²) in [5, 5.41) is 12.2. The Balaban J connectivity index is 1.25. The predicted molar refractivity (Wildman–Crippen MR) is 133 cm³/mol. The number of pyridine rings is 1. The van der Waals surface area contributed by atoms with Crippen LogP contribution in [-0.4, -0.2) is 40.7 Å². The molecular formula is C29H37FN2O2. The van der Waals surface area contributed by atoms with Crippen LogP contribution >= 0.6 is 0 Å². The summed E-state index contributed by atoms with van der Waals surface area (Å²) in [5.41, 5.74) is 2.50. The largest absolute Gasteiger partial charge is 0.464 e. The maximum absolute atomic E-state index is 14.1. The summed E-state index contributed by atoms with van der Waals surface area (Å²) < 4.78 is 19.7. The first kappa shape index (κ1) is 23.5. The van der Waals surface area contributed by atoms with Crippen molar-refractivity contribution in [3.8, 4) is 0 Å². The van der Waals surface area contributed by atoms with Crippen molar-refractivity contribution in [3.63, 3.8) is 0 Å². The number of benzene rings is 1. The minimum Gasteiger partial charge on any atom is -0.464 e. The minimum atomic E-state index is -0.369. The van der Waals surface area contributed by atoms with Gasteiger partial charge in [-0.3, -0.25) is 4.98 Å². The molecule has 5 heteroatoms. The summed E-state index contributed by atoms with van der Waals surface area (Å²) in [4.78, 5) is 7.22. The first-order valence-electron chi connectivity index (χ1n) is 13.0. The molecule has 2 atom stereocenters. The monoisotopic (exact) mass is 464 g/mol. The van der Waals surface area contributed by atoms with Gasteiger partial charge in [-0.05, 0) is 93.4 Å². The summed E-state index contributed by atoms with van der Waals surface area (Å²) in [6, 6.07) is 11.3. The van der Waals surface area contributed by atoms with Crippen LogP contribution in [0.15, 0.2) is 53.3 Å². The lowest BCUT2D eigenvalue weighted by atomic mass is 9.69. The van der Waals surface area contributed by atoms with E-state index < -0.39 is 0 Å². The summed E-state index contributed by atoms with van der Waals surface area (Å²) in [6.45, 7) is 5.17. The van der Waals surface area contributed by atoms with Gasteiger partial charge in [-0.1, -0.05) is 38.3 Å². The van der Waals surface area contributed by atoms with Gasteiger partial charge in [-0.25, -0.2) is 4.39 Å². The lowest BCUT2D eigenvalue weighted by molar-refractivity contribution is 0.00862. The molecule has 182 valence electrons. The number of furan rings is 1. The number of piperidine rings is 1. The molecule has 3 aromatic rings. The second kappa shape index (κ2) is 10.2. The number of fused-ring (bicyclic) bond motifs is 1. The van der Waals surface area contributed by atoms with Crippen LogP contribution in [-0.2, 0) is 5.41 Å². The average molecular weight is 465 g/mol. The molecule has 4 nitrogen and oxygen atoms in total. The standard InChI is InChI=1S/C29H37FN2O2/c1-29(26-9-5-6-16-31-26,28(33)22-7-3-2-4-8-22)15-19-32-17-12-21(13-18-32)23-10-11-25(30)24-14-20-34-27(23)24/h5-6,9-11,14,16,20-22,28,33H,2-4,7-8,12-13,15,17-19H2,1H3. The zero-order chi connectivity index (χ0) is 23.5. The zero-order valence-electron chi connectivity index (χ0n) is 20.3. The Morgan fingerprint density at radius 2 is 1.88 bits per heavy atom. The first-order chi connectivity index (χ1) is 16.6. The average Bonchev–Trinajstić information content (AvgIpc) is 3.40. The van der Waals surface area contributed by atoms with Crippen molar-refractivity contribution < 1.29 is 13.9 Å². The van der Waals surface area contributed by atoms with Crippen LogP contribution in [0, 0.1) is 11.7 Å². The van der Waals surface area contributed by atoms with Crippen molar-refractivity contribution in [2.24, 2.45) is 5.92 Å². The normalized spacial score (nSPS) is 21.5. The molecule has 2 unspecified atom stereocenters. The number of aliphatic hydroxyl groups excluding tert-OH is 1. The molecule has 0 spiro atoms. The van der Waals surface area contributed by atoms with Gasteiger partial charge in [0.15, 0.2) is 0 Å². The molecule has 1 aliphatic heterocycles. The second-order valence-electron chi connectivity index (χ2n) is 10.6. The molecule has 1 saturated carbocycles. The van der Waals surface area contributed by atoms with E-state index in [2.05, 4.69) is 17.9 Å². The van der Waals surface area contributed by atoms with Gasteiger partial charge in [-0.2, -0.15) is 0 Å². The van der Waals surface area contributed by atoms with Crippen LogP contribution in [0.25, 0.3) is 11.0 Å². The van der Waals surface area contributed by atoms with E-state index in [1.54, 1.807) is 18.4 Å². The van der Waals surface area contributed by atoms with E-state index in [1.807, 2.05) is 24.4 Å². The van der Waals surface area contributed by atoms with Gasteiger partial charge in [0.2, 0.25) is 0 Å². The highest BCUT2D eigenvalue weighted by molar-refractivity contribution is 5.81. The van der Waals surface area contributed by atoms with E-state index in [0.29, 0.717) is 22.8 Å². The van der Waals surface area contributed by atoms with Crippen molar-refractivity contribution in [2.75, 3.05) is 19.6 Å². The van der Waals surface area contributed by atoms with Crippen molar-refractivity contribution in [1.82, 2.24) is 9.88 Å². The van der Waals surface area contributed by atoms with E-state index in [9.17, 15) is 9.50 Å². The van der Waals surface area contributed by atoms with Gasteiger partial charge < -0.3 is 14.4 Å². The van der Waals surface area contributed by atoms with E-state index >= 15 is 0 Å². The Morgan fingerprint density at radius 1 is 1.09 bits per heavy atom. The lowest BCUT2D eigenvalue weighted by Crippen LogP contribution is -2.46. The Labute approximate surface area is 202 Å². The third-order valence-corrected chi connectivity index (χ3v) is 8.57. The van der Waals surface area contributed by atoms with Crippen molar-refractivity contribution in [1.29, 1.82) is 0 Å². The smallest absolute Gasteiger partial charge is 0.140 e. The van der Waals surface area contributed by atoms with Gasteiger partial charge >= 0.3 is 0 Å². The Hall–Kier alpha value is -2.24. The molecule has 2 aliphatic rings. The van der Waals surface area contributed by atoms with Crippen LogP contribution in [0.4, 0.5) is 4.39 Å². The highest BCUT2D eigenvalue weighted by Gasteiger charge is 2.41. The second-order valence-corrected chi connectivity index (χ2v) is 10.6. The van der Waals surface area contributed by atoms with Gasteiger partial charge in [-0.15, -0.1) is 0 Å². The maximum Gasteiger partial charge on any atom is 0.140 e. The van der Waals surface area contributed by atoms with Gasteiger partial charge in [0.1, 0.15) is 11.4 Å². The molecule has 34 heavy (non-hydrogen) atoms. The number of halogens is 1. The molecule has 2 aromatic heterocycles. The van der Waals surface area contributed by atoms with E-state index in [0.717, 1.165) is 63.0 Å². The fourth-order valence-electron chi connectivity index (χ4n) is 6.33. The summed E-state index contributed by atoms with van der Waals surface area (Å²) >= 11 is 0. The van der Waals surface area contributed by atoms with Crippen LogP contribution < -0.4 is 0 Å². The molecule has 1 N–H and O–H groups in total. The molecular weight excluding hydrogens is 427 g/mol. The molecule has 0 bridgehead atoms. The number of aromatic nitrogens is 1. The fourth-order valence-corrected chi connectivity index (χ4v) is 6.33. The lowest BCUT2D eigenvalue weighted by Gasteiger charge is -2.42. The Kier molecular flexibility index (Phi) is 7.03. The number of aliphatic hydroxyl groups is 1. The van der Waals surface area contributed by atoms with Crippen LogP contribution in [0.3, 0.4) is 0 Å². The van der Waals surface area contributed by atoms with Crippen molar-refractivity contribution in [3.05, 3.63) is 65.9 Å². The van der Waals surface area contributed by atoms with E-state index in [4.69, 9.17) is 9.40 Å². The molecule has 3 heterocycles. The van der Waals surface area contributed by atoms with Gasteiger partial charge in [0, 0.05) is 17.3 Å². The minimum absolute atomic E-state index is 0.213. The fraction of sp³-hybridized carbons (Fsp3) is 0.552. The molecule has 0 amide bonds. The van der Waals surface area contributed by atoms with Gasteiger partial charge in [0.05, 0.1) is 17.8 Å². The molecule has 2 fully saturated rings. The SMILES string of the molecule is CC(CCN1CCC(c2ccc(F)c3ccoc23)CC1)(c1ccccn1)C(O)C1CCCCC1. The molecule has 1 aliphatic carbocycles. The molecule has 1 saturated heterocycles. The third kappa shape index (κ3) is 4.65. The summed E-state index contributed by atoms with van der Waals surface area (Å²) in [7, 11) is 0. The van der Waals surface area contributed by atoms with Crippen molar-refractivity contribution in [2.45, 2.75) is 75.7 Å². The maximum atomic E-state index is 14.1. The Morgan fingerprint density at radius 3 is 2.62 bits per heavy atom. The summed E-state index contributed by atoms with van der Waals surface area (Å²) in [5.74, 6) is 0.538. The van der Waals surface area contributed by atoms with E-state index in [-0.39, 0.29) is 17.3 Å². The van der Waals surface area contributed by atoms with Gasteiger partial charge in [0.25, 0.3) is 0 Å². The number of likely N-dealkylation sites (tertiary alicyclic amines) is 1.